The number of hydrogen-bond acceptors (Lipinski definition) is 5. The third-order valence-corrected chi connectivity index (χ3v) is 2.50. The van der Waals surface area contributed by atoms with Crippen LogP contribution in [0.3, 0.4) is 0 Å². The average molecular weight is 245 g/mol. The molecular formula is C13H11NO4. The molecule has 0 aliphatic carbocycles. The van der Waals surface area contributed by atoms with Crippen molar-refractivity contribution < 1.29 is 19.1 Å². The van der Waals surface area contributed by atoms with Crippen LogP contribution in [0.1, 0.15) is 20.8 Å². The fourth-order valence-electron chi connectivity index (χ4n) is 1.59. The number of nitrogens with zero attached hydrogens (tertiary/aromatic N) is 1. The maximum Gasteiger partial charge on any atom is 0.356 e. The van der Waals surface area contributed by atoms with E-state index >= 15 is 0 Å². The van der Waals surface area contributed by atoms with E-state index in [0.29, 0.717) is 11.1 Å². The van der Waals surface area contributed by atoms with E-state index in [1.165, 1.54) is 14.2 Å². The lowest BCUT2D eigenvalue weighted by atomic mass is 10.1. The van der Waals surface area contributed by atoms with Crippen LogP contribution in [0, 0.1) is 0 Å². The van der Waals surface area contributed by atoms with Gasteiger partial charge in [-0.2, -0.15) is 0 Å². The molecule has 92 valence electrons. The van der Waals surface area contributed by atoms with Gasteiger partial charge in [-0.15, -0.1) is 0 Å². The van der Waals surface area contributed by atoms with Crippen molar-refractivity contribution in [1.29, 1.82) is 0 Å². The minimum Gasteiger partial charge on any atom is -0.465 e. The molecule has 1 aromatic heterocycles. The Kier molecular flexibility index (Phi) is 3.23. The molecule has 0 fully saturated rings. The van der Waals surface area contributed by atoms with Gasteiger partial charge >= 0.3 is 11.9 Å². The molecule has 0 amide bonds. The molecule has 0 radical (unpaired) electrons. The molecule has 0 bridgehead atoms. The van der Waals surface area contributed by atoms with Crippen molar-refractivity contribution in [2.45, 2.75) is 0 Å². The highest BCUT2D eigenvalue weighted by atomic mass is 16.5. The predicted octanol–water partition coefficient (Wildman–Crippen LogP) is 1.81. The molecule has 0 aliphatic rings. The maximum atomic E-state index is 11.4. The Balaban J connectivity index is 2.48. The highest BCUT2D eigenvalue weighted by Crippen LogP contribution is 2.16. The second-order valence-corrected chi connectivity index (χ2v) is 3.59. The number of esters is 2. The molecule has 0 saturated carbocycles. The minimum atomic E-state index is -0.492. The van der Waals surface area contributed by atoms with E-state index < -0.39 is 11.9 Å². The molecule has 1 aromatic carbocycles. The number of carbonyl (C=O) groups excluding carboxylic acids is 2. The van der Waals surface area contributed by atoms with Gasteiger partial charge in [-0.3, -0.25) is 0 Å². The van der Waals surface area contributed by atoms with Gasteiger partial charge in [-0.05, 0) is 24.3 Å². The summed E-state index contributed by atoms with van der Waals surface area (Å²) in [6.07, 6.45) is 0. The van der Waals surface area contributed by atoms with Crippen LogP contribution in [-0.4, -0.2) is 31.1 Å². The highest BCUT2D eigenvalue weighted by Gasteiger charge is 2.10. The molecule has 1 heterocycles. The number of aromatic nitrogens is 1. The van der Waals surface area contributed by atoms with E-state index in [2.05, 4.69) is 14.5 Å². The van der Waals surface area contributed by atoms with Crippen molar-refractivity contribution in [3.8, 4) is 0 Å². The Morgan fingerprint density at radius 3 is 2.39 bits per heavy atom. The molecule has 0 unspecified atom stereocenters. The number of pyridine rings is 1. The van der Waals surface area contributed by atoms with Crippen LogP contribution in [-0.2, 0) is 9.47 Å². The predicted molar refractivity (Wildman–Crippen MR) is 64.4 cm³/mol. The summed E-state index contributed by atoms with van der Waals surface area (Å²) in [5.41, 5.74) is 1.29. The van der Waals surface area contributed by atoms with Crippen LogP contribution in [0.25, 0.3) is 10.9 Å². The van der Waals surface area contributed by atoms with Gasteiger partial charge in [0.1, 0.15) is 5.69 Å². The van der Waals surface area contributed by atoms with Gasteiger partial charge in [0.2, 0.25) is 0 Å². The molecule has 2 rings (SSSR count). The molecule has 0 N–H and O–H groups in total. The number of benzene rings is 1. The quantitative estimate of drug-likeness (QED) is 0.755. The van der Waals surface area contributed by atoms with Gasteiger partial charge < -0.3 is 9.47 Å². The first-order chi connectivity index (χ1) is 8.65. The van der Waals surface area contributed by atoms with Crippen LogP contribution < -0.4 is 0 Å². The highest BCUT2D eigenvalue weighted by molar-refractivity contribution is 5.96. The first kappa shape index (κ1) is 12.0. The average Bonchev–Trinajstić information content (AvgIpc) is 2.44. The maximum absolute atomic E-state index is 11.4. The smallest absolute Gasteiger partial charge is 0.356 e. The largest absolute Gasteiger partial charge is 0.465 e. The Hall–Kier alpha value is -2.43. The van der Waals surface area contributed by atoms with Crippen molar-refractivity contribution in [2.75, 3.05) is 14.2 Å². The minimum absolute atomic E-state index is 0.232. The Morgan fingerprint density at radius 2 is 1.72 bits per heavy atom. The third kappa shape index (κ3) is 2.15. The topological polar surface area (TPSA) is 65.5 Å². The van der Waals surface area contributed by atoms with Gasteiger partial charge in [-0.1, -0.05) is 6.07 Å². The first-order valence-corrected chi connectivity index (χ1v) is 5.23. The molecule has 0 spiro atoms. The van der Waals surface area contributed by atoms with Gasteiger partial charge in [-0.25, -0.2) is 14.6 Å². The molecule has 0 aliphatic heterocycles. The van der Waals surface area contributed by atoms with Crippen LogP contribution in [0.15, 0.2) is 30.3 Å². The van der Waals surface area contributed by atoms with Crippen molar-refractivity contribution in [3.63, 3.8) is 0 Å². The van der Waals surface area contributed by atoms with E-state index in [4.69, 9.17) is 0 Å². The molecular weight excluding hydrogens is 234 g/mol. The van der Waals surface area contributed by atoms with E-state index in [1.807, 2.05) is 0 Å². The fourth-order valence-corrected chi connectivity index (χ4v) is 1.59. The van der Waals surface area contributed by atoms with Crippen molar-refractivity contribution >= 4 is 22.8 Å². The number of rotatable bonds is 2. The molecule has 5 heteroatoms. The summed E-state index contributed by atoms with van der Waals surface area (Å²) in [6.45, 7) is 0. The van der Waals surface area contributed by atoms with Crippen LogP contribution >= 0.6 is 0 Å². The fraction of sp³-hybridized carbons (Fsp3) is 0.154. The van der Waals surface area contributed by atoms with Crippen molar-refractivity contribution in [3.05, 3.63) is 41.6 Å². The second kappa shape index (κ2) is 4.83. The normalized spacial score (nSPS) is 10.1. The lowest BCUT2D eigenvalue weighted by Gasteiger charge is -2.03. The lowest BCUT2D eigenvalue weighted by molar-refractivity contribution is 0.0588. The van der Waals surface area contributed by atoms with E-state index in [-0.39, 0.29) is 5.69 Å². The van der Waals surface area contributed by atoms with E-state index in [9.17, 15) is 9.59 Å². The summed E-state index contributed by atoms with van der Waals surface area (Å²) in [5.74, 6) is -0.900. The Morgan fingerprint density at radius 1 is 1.00 bits per heavy atom. The summed E-state index contributed by atoms with van der Waals surface area (Å²) in [7, 11) is 2.62. The van der Waals surface area contributed by atoms with Gasteiger partial charge in [0.15, 0.2) is 0 Å². The lowest BCUT2D eigenvalue weighted by Crippen LogP contribution is -2.04. The monoisotopic (exact) mass is 245 g/mol. The van der Waals surface area contributed by atoms with Crippen LogP contribution in [0.2, 0.25) is 0 Å². The number of methoxy groups -OCH3 is 2. The summed E-state index contributed by atoms with van der Waals surface area (Å²) in [4.78, 5) is 26.8. The molecule has 0 atom stereocenters. The zero-order valence-electron chi connectivity index (χ0n) is 9.97. The summed E-state index contributed by atoms with van der Waals surface area (Å²) in [6, 6.07) is 8.18. The zero-order valence-corrected chi connectivity index (χ0v) is 9.97. The zero-order chi connectivity index (χ0) is 13.1. The standard InChI is InChI=1S/C13H11NO4/c1-17-12(15)9-4-5-10-8(7-9)3-6-11(14-10)13(16)18-2/h3-7H,1-2H3. The molecule has 0 saturated heterocycles. The molecule has 2 aromatic rings. The van der Waals surface area contributed by atoms with Crippen molar-refractivity contribution in [2.24, 2.45) is 0 Å². The van der Waals surface area contributed by atoms with Gasteiger partial charge in [0.05, 0.1) is 25.3 Å². The van der Waals surface area contributed by atoms with E-state index in [0.717, 1.165) is 5.39 Å². The van der Waals surface area contributed by atoms with Gasteiger partial charge in [0.25, 0.3) is 0 Å². The summed E-state index contributed by atoms with van der Waals surface area (Å²) < 4.78 is 9.22. The number of hydrogen-bond donors (Lipinski definition) is 0. The SMILES string of the molecule is COC(=O)c1ccc2nc(C(=O)OC)ccc2c1. The summed E-state index contributed by atoms with van der Waals surface area (Å²) >= 11 is 0. The number of ether oxygens (including phenoxy) is 2. The van der Waals surface area contributed by atoms with Crippen LogP contribution in [0.4, 0.5) is 0 Å². The Bertz CT molecular complexity index is 566. The first-order valence-electron chi connectivity index (χ1n) is 5.23. The van der Waals surface area contributed by atoms with E-state index in [1.54, 1.807) is 30.3 Å². The second-order valence-electron chi connectivity index (χ2n) is 3.59. The van der Waals surface area contributed by atoms with Crippen LogP contribution in [0.5, 0.6) is 0 Å². The van der Waals surface area contributed by atoms with Crippen molar-refractivity contribution in [1.82, 2.24) is 4.98 Å². The van der Waals surface area contributed by atoms with Gasteiger partial charge in [0, 0.05) is 5.39 Å². The molecule has 5 nitrogen and oxygen atoms in total. The third-order valence-electron chi connectivity index (χ3n) is 2.50. The molecule has 18 heavy (non-hydrogen) atoms. The number of carbonyl (C=O) groups is 2. The summed E-state index contributed by atoms with van der Waals surface area (Å²) in [5, 5.41) is 0.755. The number of fused-ring (bicyclic) bond motifs is 1. The Labute approximate surface area is 103 Å².